The summed E-state index contributed by atoms with van der Waals surface area (Å²) in [6.45, 7) is 4.80. The van der Waals surface area contributed by atoms with Crippen molar-refractivity contribution in [3.63, 3.8) is 0 Å². The lowest BCUT2D eigenvalue weighted by atomic mass is 10.2. The number of ether oxygens (including phenoxy) is 1. The third-order valence-electron chi connectivity index (χ3n) is 3.89. The first-order valence-electron chi connectivity index (χ1n) is 6.72. The van der Waals surface area contributed by atoms with Crippen LogP contribution in [0.3, 0.4) is 0 Å². The fraction of sp³-hybridized carbons (Fsp3) is 0.833. The summed E-state index contributed by atoms with van der Waals surface area (Å²) in [5.41, 5.74) is 5.88. The molecule has 0 bridgehead atoms. The Bertz CT molecular complexity index is 409. The molecule has 6 nitrogen and oxygen atoms in total. The van der Waals surface area contributed by atoms with Gasteiger partial charge in [-0.25, -0.2) is 0 Å². The normalized spacial score (nSPS) is 30.3. The molecule has 2 aliphatic heterocycles. The van der Waals surface area contributed by atoms with E-state index in [1.165, 1.54) is 12.8 Å². The molecule has 2 aliphatic rings. The quantitative estimate of drug-likeness (QED) is 0.865. The van der Waals surface area contributed by atoms with Gasteiger partial charge in [0.2, 0.25) is 11.7 Å². The number of morpholine rings is 1. The zero-order valence-corrected chi connectivity index (χ0v) is 10.7. The van der Waals surface area contributed by atoms with Gasteiger partial charge >= 0.3 is 0 Å². The number of nitrogens with two attached hydrogens (primary N) is 1. The van der Waals surface area contributed by atoms with Crippen molar-refractivity contribution in [3.05, 3.63) is 11.7 Å². The van der Waals surface area contributed by atoms with Crippen molar-refractivity contribution in [1.29, 1.82) is 0 Å². The molecule has 1 aromatic heterocycles. The second-order valence-electron chi connectivity index (χ2n) is 5.12. The molecule has 3 unspecified atom stereocenters. The number of aromatic nitrogens is 2. The van der Waals surface area contributed by atoms with E-state index in [1.807, 2.05) is 6.92 Å². The van der Waals surface area contributed by atoms with Crippen molar-refractivity contribution in [2.24, 2.45) is 5.73 Å². The minimum Gasteiger partial charge on any atom is -0.367 e. The van der Waals surface area contributed by atoms with E-state index in [1.54, 1.807) is 0 Å². The maximum atomic E-state index is 5.88. The average Bonchev–Trinajstić information content (AvgIpc) is 3.05. The molecular weight excluding hydrogens is 232 g/mol. The smallest absolute Gasteiger partial charge is 0.243 e. The zero-order valence-electron chi connectivity index (χ0n) is 10.7. The summed E-state index contributed by atoms with van der Waals surface area (Å²) < 4.78 is 11.0. The molecule has 3 heterocycles. The van der Waals surface area contributed by atoms with Gasteiger partial charge < -0.3 is 15.0 Å². The largest absolute Gasteiger partial charge is 0.367 e. The lowest BCUT2D eigenvalue weighted by Gasteiger charge is -2.33. The lowest BCUT2D eigenvalue weighted by Crippen LogP contribution is -2.42. The Morgan fingerprint density at radius 2 is 2.44 bits per heavy atom. The highest BCUT2D eigenvalue weighted by molar-refractivity contribution is 4.98. The van der Waals surface area contributed by atoms with E-state index in [0.717, 1.165) is 26.1 Å². The van der Waals surface area contributed by atoms with Crippen molar-refractivity contribution >= 4 is 0 Å². The molecule has 0 aromatic carbocycles. The molecule has 6 heteroatoms. The van der Waals surface area contributed by atoms with E-state index in [0.29, 0.717) is 17.8 Å². The Kier molecular flexibility index (Phi) is 3.32. The highest BCUT2D eigenvalue weighted by atomic mass is 16.5. The maximum absolute atomic E-state index is 5.88. The summed E-state index contributed by atoms with van der Waals surface area (Å²) in [5.74, 6) is 1.15. The third-order valence-corrected chi connectivity index (χ3v) is 3.89. The molecule has 0 saturated carbocycles. The molecule has 100 valence electrons. The first-order chi connectivity index (χ1) is 8.78. The number of fused-ring (bicyclic) bond motifs is 1. The first kappa shape index (κ1) is 12.1. The van der Waals surface area contributed by atoms with Crippen LogP contribution in [0.5, 0.6) is 0 Å². The molecule has 18 heavy (non-hydrogen) atoms. The lowest BCUT2D eigenvalue weighted by molar-refractivity contribution is -0.0548. The number of hydrogen-bond donors (Lipinski definition) is 1. The molecule has 2 N–H and O–H groups in total. The zero-order chi connectivity index (χ0) is 12.5. The third kappa shape index (κ3) is 2.15. The van der Waals surface area contributed by atoms with Crippen LogP contribution in [0, 0.1) is 0 Å². The van der Waals surface area contributed by atoms with Crippen LogP contribution in [-0.4, -0.2) is 40.8 Å². The van der Waals surface area contributed by atoms with Gasteiger partial charge in [0.1, 0.15) is 6.10 Å². The van der Waals surface area contributed by atoms with Gasteiger partial charge in [0, 0.05) is 12.6 Å². The molecule has 0 radical (unpaired) electrons. The molecule has 2 saturated heterocycles. The minimum absolute atomic E-state index is 0.0686. The van der Waals surface area contributed by atoms with Crippen LogP contribution < -0.4 is 5.73 Å². The van der Waals surface area contributed by atoms with Gasteiger partial charge in [-0.05, 0) is 25.8 Å². The molecule has 2 fully saturated rings. The van der Waals surface area contributed by atoms with Gasteiger partial charge in [0.05, 0.1) is 12.6 Å². The number of hydrogen-bond acceptors (Lipinski definition) is 6. The van der Waals surface area contributed by atoms with Crippen LogP contribution in [0.4, 0.5) is 0 Å². The van der Waals surface area contributed by atoms with Crippen LogP contribution in [0.15, 0.2) is 4.52 Å². The fourth-order valence-corrected chi connectivity index (χ4v) is 2.68. The summed E-state index contributed by atoms with van der Waals surface area (Å²) in [6, 6.07) is 0.417. The van der Waals surface area contributed by atoms with Crippen LogP contribution >= 0.6 is 0 Å². The second-order valence-corrected chi connectivity index (χ2v) is 5.12. The Morgan fingerprint density at radius 3 is 3.28 bits per heavy atom. The summed E-state index contributed by atoms with van der Waals surface area (Å²) in [6.07, 6.45) is 3.23. The van der Waals surface area contributed by atoms with E-state index >= 15 is 0 Å². The van der Waals surface area contributed by atoms with Crippen LogP contribution in [0.25, 0.3) is 0 Å². The molecule has 0 spiro atoms. The molecule has 1 aromatic rings. The van der Waals surface area contributed by atoms with E-state index in [4.69, 9.17) is 15.0 Å². The highest BCUT2D eigenvalue weighted by Gasteiger charge is 2.35. The van der Waals surface area contributed by atoms with Crippen molar-refractivity contribution in [2.45, 2.75) is 44.4 Å². The van der Waals surface area contributed by atoms with Crippen LogP contribution in [0.2, 0.25) is 0 Å². The predicted octanol–water partition coefficient (Wildman–Crippen LogP) is 1.02. The van der Waals surface area contributed by atoms with Crippen molar-refractivity contribution in [3.8, 4) is 0 Å². The van der Waals surface area contributed by atoms with Crippen LogP contribution in [-0.2, 0) is 4.74 Å². The molecule has 3 atom stereocenters. The van der Waals surface area contributed by atoms with Crippen molar-refractivity contribution in [1.82, 2.24) is 15.0 Å². The maximum Gasteiger partial charge on any atom is 0.243 e. The van der Waals surface area contributed by atoms with E-state index in [-0.39, 0.29) is 12.1 Å². The Labute approximate surface area is 106 Å². The summed E-state index contributed by atoms with van der Waals surface area (Å²) >= 11 is 0. The van der Waals surface area contributed by atoms with E-state index in [2.05, 4.69) is 15.0 Å². The Morgan fingerprint density at radius 1 is 1.56 bits per heavy atom. The van der Waals surface area contributed by atoms with Gasteiger partial charge in [-0.15, -0.1) is 0 Å². The predicted molar refractivity (Wildman–Crippen MR) is 64.8 cm³/mol. The van der Waals surface area contributed by atoms with Gasteiger partial charge in [0.25, 0.3) is 0 Å². The molecule has 0 aliphatic carbocycles. The van der Waals surface area contributed by atoms with Crippen molar-refractivity contribution < 1.29 is 9.26 Å². The first-order valence-corrected chi connectivity index (χ1v) is 6.72. The Balaban J connectivity index is 1.69. The molecule has 0 amide bonds. The summed E-state index contributed by atoms with van der Waals surface area (Å²) in [5, 5.41) is 4.01. The van der Waals surface area contributed by atoms with E-state index in [9.17, 15) is 0 Å². The van der Waals surface area contributed by atoms with Gasteiger partial charge in [0.15, 0.2) is 0 Å². The topological polar surface area (TPSA) is 77.4 Å². The van der Waals surface area contributed by atoms with Gasteiger partial charge in [-0.3, -0.25) is 4.90 Å². The molecule has 3 rings (SSSR count). The summed E-state index contributed by atoms with van der Waals surface area (Å²) in [4.78, 5) is 6.83. The van der Waals surface area contributed by atoms with Gasteiger partial charge in [-0.1, -0.05) is 12.1 Å². The van der Waals surface area contributed by atoms with Crippen molar-refractivity contribution in [2.75, 3.05) is 19.7 Å². The second kappa shape index (κ2) is 4.95. The number of nitrogens with zero attached hydrogens (tertiary/aromatic N) is 3. The average molecular weight is 252 g/mol. The van der Waals surface area contributed by atoms with Crippen LogP contribution in [0.1, 0.15) is 50.0 Å². The van der Waals surface area contributed by atoms with Gasteiger partial charge in [-0.2, -0.15) is 4.98 Å². The highest BCUT2D eigenvalue weighted by Crippen LogP contribution is 2.29. The summed E-state index contributed by atoms with van der Waals surface area (Å²) in [7, 11) is 0. The molecular formula is C12H20N4O2. The SMILES string of the molecule is CCC(N)c1nc(C2CN3CCCC3CO2)no1. The minimum atomic E-state index is -0.172. The monoisotopic (exact) mass is 252 g/mol. The fourth-order valence-electron chi connectivity index (χ4n) is 2.68. The number of rotatable bonds is 3. The van der Waals surface area contributed by atoms with E-state index < -0.39 is 0 Å². The Hall–Kier alpha value is -0.980. The standard InChI is InChI=1S/C12H20N4O2/c1-2-9(13)12-14-11(15-18-12)10-6-16-5-3-4-8(16)7-17-10/h8-10H,2-7,13H2,1H3.